The molecular formula is C15H11ClN2O3. The Bertz CT molecular complexity index is 786. The highest BCUT2D eigenvalue weighted by atomic mass is 35.5. The Balaban J connectivity index is 1.88. The summed E-state index contributed by atoms with van der Waals surface area (Å²) in [5.41, 5.74) is 1.25. The number of aromatic nitrogens is 2. The second-order valence-electron chi connectivity index (χ2n) is 4.52. The number of aromatic hydroxyl groups is 2. The molecule has 0 aliphatic rings. The van der Waals surface area contributed by atoms with Gasteiger partial charge in [-0.1, -0.05) is 28.9 Å². The number of benzene rings is 2. The fourth-order valence-electron chi connectivity index (χ4n) is 1.96. The summed E-state index contributed by atoms with van der Waals surface area (Å²) in [6.07, 6.45) is 0.462. The summed E-state index contributed by atoms with van der Waals surface area (Å²) in [4.78, 5) is 4.22. The van der Waals surface area contributed by atoms with E-state index in [9.17, 15) is 10.2 Å². The maximum absolute atomic E-state index is 9.77. The van der Waals surface area contributed by atoms with Crippen LogP contribution in [0.3, 0.4) is 0 Å². The number of halogens is 1. The second-order valence-corrected chi connectivity index (χ2v) is 4.96. The topological polar surface area (TPSA) is 79.4 Å². The summed E-state index contributed by atoms with van der Waals surface area (Å²) < 4.78 is 5.12. The van der Waals surface area contributed by atoms with Crippen LogP contribution in [0.2, 0.25) is 5.02 Å². The van der Waals surface area contributed by atoms with Crippen LogP contribution in [0.1, 0.15) is 11.4 Å². The van der Waals surface area contributed by atoms with Gasteiger partial charge < -0.3 is 14.7 Å². The van der Waals surface area contributed by atoms with Gasteiger partial charge >= 0.3 is 0 Å². The molecule has 0 bridgehead atoms. The average molecular weight is 303 g/mol. The smallest absolute Gasteiger partial charge is 0.261 e. The molecule has 0 amide bonds. The van der Waals surface area contributed by atoms with Gasteiger partial charge in [-0.05, 0) is 35.9 Å². The molecule has 1 heterocycles. The first kappa shape index (κ1) is 13.5. The van der Waals surface area contributed by atoms with Gasteiger partial charge in [-0.3, -0.25) is 0 Å². The Morgan fingerprint density at radius 3 is 2.76 bits per heavy atom. The van der Waals surface area contributed by atoms with Gasteiger partial charge in [0.25, 0.3) is 5.89 Å². The van der Waals surface area contributed by atoms with Crippen LogP contribution in [0, 0.1) is 0 Å². The molecule has 6 heteroatoms. The van der Waals surface area contributed by atoms with Gasteiger partial charge in [0.2, 0.25) is 0 Å². The minimum Gasteiger partial charge on any atom is -0.508 e. The monoisotopic (exact) mass is 302 g/mol. The molecule has 1 aromatic heterocycles. The van der Waals surface area contributed by atoms with Crippen LogP contribution in [-0.2, 0) is 6.42 Å². The van der Waals surface area contributed by atoms with Gasteiger partial charge in [-0.25, -0.2) is 0 Å². The minimum absolute atomic E-state index is 0.0115. The number of hydrogen-bond donors (Lipinski definition) is 2. The normalized spacial score (nSPS) is 10.7. The van der Waals surface area contributed by atoms with E-state index in [1.807, 2.05) is 18.2 Å². The highest BCUT2D eigenvalue weighted by molar-refractivity contribution is 6.30. The molecule has 0 aliphatic heterocycles. The van der Waals surface area contributed by atoms with Crippen molar-refractivity contribution >= 4 is 11.6 Å². The molecule has 3 rings (SSSR count). The lowest BCUT2D eigenvalue weighted by molar-refractivity contribution is 0.417. The van der Waals surface area contributed by atoms with Crippen molar-refractivity contribution in [1.29, 1.82) is 0 Å². The molecule has 0 unspecified atom stereocenters. The summed E-state index contributed by atoms with van der Waals surface area (Å²) in [5, 5.41) is 23.7. The highest BCUT2D eigenvalue weighted by Gasteiger charge is 2.14. The van der Waals surface area contributed by atoms with Crippen molar-refractivity contribution in [2.75, 3.05) is 0 Å². The van der Waals surface area contributed by atoms with Gasteiger partial charge in [0.1, 0.15) is 11.5 Å². The van der Waals surface area contributed by atoms with Gasteiger partial charge in [0, 0.05) is 11.4 Å². The SMILES string of the molecule is Oc1ccc(O)c(-c2nc(Cc3cccc(Cl)c3)no2)c1. The van der Waals surface area contributed by atoms with Crippen molar-refractivity contribution in [2.45, 2.75) is 6.42 Å². The Morgan fingerprint density at radius 2 is 1.95 bits per heavy atom. The Morgan fingerprint density at radius 1 is 1.10 bits per heavy atom. The van der Waals surface area contributed by atoms with Crippen LogP contribution < -0.4 is 0 Å². The third-order valence-electron chi connectivity index (χ3n) is 2.93. The molecule has 0 aliphatic carbocycles. The molecule has 0 saturated carbocycles. The van der Waals surface area contributed by atoms with Crippen molar-refractivity contribution in [1.82, 2.24) is 10.1 Å². The van der Waals surface area contributed by atoms with Crippen LogP contribution in [0.15, 0.2) is 47.0 Å². The molecule has 0 fully saturated rings. The summed E-state index contributed by atoms with van der Waals surface area (Å²) in [6, 6.07) is 11.5. The van der Waals surface area contributed by atoms with Crippen molar-refractivity contribution in [3.8, 4) is 23.0 Å². The zero-order chi connectivity index (χ0) is 14.8. The summed E-state index contributed by atoms with van der Waals surface area (Å²) >= 11 is 5.93. The van der Waals surface area contributed by atoms with Gasteiger partial charge in [0.05, 0.1) is 5.56 Å². The van der Waals surface area contributed by atoms with E-state index in [0.29, 0.717) is 22.8 Å². The summed E-state index contributed by atoms with van der Waals surface area (Å²) in [6.45, 7) is 0. The van der Waals surface area contributed by atoms with Crippen molar-refractivity contribution in [3.63, 3.8) is 0 Å². The van der Waals surface area contributed by atoms with Crippen LogP contribution in [-0.4, -0.2) is 20.4 Å². The molecule has 0 atom stereocenters. The maximum Gasteiger partial charge on any atom is 0.261 e. The summed E-state index contributed by atoms with van der Waals surface area (Å²) in [5.74, 6) is 0.596. The molecule has 21 heavy (non-hydrogen) atoms. The Hall–Kier alpha value is -2.53. The number of nitrogens with zero attached hydrogens (tertiary/aromatic N) is 2. The molecule has 2 aromatic carbocycles. The van der Waals surface area contributed by atoms with Gasteiger partial charge in [-0.15, -0.1) is 0 Å². The molecular weight excluding hydrogens is 292 g/mol. The zero-order valence-corrected chi connectivity index (χ0v) is 11.6. The average Bonchev–Trinajstić information content (AvgIpc) is 2.90. The first-order valence-corrected chi connectivity index (χ1v) is 6.59. The number of phenols is 2. The van der Waals surface area contributed by atoms with E-state index in [1.165, 1.54) is 18.2 Å². The largest absolute Gasteiger partial charge is 0.508 e. The molecule has 106 valence electrons. The van der Waals surface area contributed by atoms with Crippen LogP contribution in [0.4, 0.5) is 0 Å². The second kappa shape index (κ2) is 5.46. The predicted molar refractivity (Wildman–Crippen MR) is 77.3 cm³/mol. The van der Waals surface area contributed by atoms with Gasteiger partial charge in [-0.2, -0.15) is 4.98 Å². The fraction of sp³-hybridized carbons (Fsp3) is 0.0667. The lowest BCUT2D eigenvalue weighted by Crippen LogP contribution is -1.90. The van der Waals surface area contributed by atoms with E-state index in [-0.39, 0.29) is 17.4 Å². The molecule has 3 aromatic rings. The van der Waals surface area contributed by atoms with Crippen molar-refractivity contribution < 1.29 is 14.7 Å². The Labute approximate surface area is 125 Å². The first-order valence-electron chi connectivity index (χ1n) is 6.21. The number of phenolic OH excluding ortho intramolecular Hbond substituents is 2. The first-order chi connectivity index (χ1) is 10.1. The standard InChI is InChI=1S/C15H11ClN2O3/c16-10-3-1-2-9(6-10)7-14-17-15(21-18-14)12-8-11(19)4-5-13(12)20/h1-6,8,19-20H,7H2. The van der Waals surface area contributed by atoms with E-state index in [0.717, 1.165) is 5.56 Å². The predicted octanol–water partition coefficient (Wildman–Crippen LogP) is 3.39. The van der Waals surface area contributed by atoms with E-state index in [4.69, 9.17) is 16.1 Å². The molecule has 2 N–H and O–H groups in total. The van der Waals surface area contributed by atoms with E-state index in [1.54, 1.807) is 6.07 Å². The maximum atomic E-state index is 9.77. The van der Waals surface area contributed by atoms with Crippen LogP contribution in [0.25, 0.3) is 11.5 Å². The summed E-state index contributed by atoms with van der Waals surface area (Å²) in [7, 11) is 0. The lowest BCUT2D eigenvalue weighted by Gasteiger charge is -1.99. The van der Waals surface area contributed by atoms with Crippen molar-refractivity contribution in [2.24, 2.45) is 0 Å². The molecule has 5 nitrogen and oxygen atoms in total. The third-order valence-corrected chi connectivity index (χ3v) is 3.16. The van der Waals surface area contributed by atoms with Crippen LogP contribution in [0.5, 0.6) is 11.5 Å². The van der Waals surface area contributed by atoms with E-state index >= 15 is 0 Å². The quantitative estimate of drug-likeness (QED) is 0.725. The Kier molecular flexibility index (Phi) is 3.50. The number of rotatable bonds is 3. The minimum atomic E-state index is -0.0363. The van der Waals surface area contributed by atoms with Crippen molar-refractivity contribution in [3.05, 3.63) is 58.9 Å². The molecule has 0 spiro atoms. The van der Waals surface area contributed by atoms with E-state index < -0.39 is 0 Å². The molecule has 0 saturated heterocycles. The third kappa shape index (κ3) is 2.98. The van der Waals surface area contributed by atoms with Crippen LogP contribution >= 0.6 is 11.6 Å². The fourth-order valence-corrected chi connectivity index (χ4v) is 2.17. The zero-order valence-electron chi connectivity index (χ0n) is 10.8. The van der Waals surface area contributed by atoms with E-state index in [2.05, 4.69) is 10.1 Å². The number of hydrogen-bond acceptors (Lipinski definition) is 5. The van der Waals surface area contributed by atoms with Gasteiger partial charge in [0.15, 0.2) is 5.82 Å². The lowest BCUT2D eigenvalue weighted by atomic mass is 10.1. The molecule has 0 radical (unpaired) electrons. The highest BCUT2D eigenvalue weighted by Crippen LogP contribution is 2.31.